The third-order valence-electron chi connectivity index (χ3n) is 4.15. The summed E-state index contributed by atoms with van der Waals surface area (Å²) in [5, 5.41) is 6.44. The number of benzene rings is 1. The smallest absolute Gasteiger partial charge is 0.224 e. The number of carbonyl (C=O) groups excluding carboxylic acids is 1. The Morgan fingerprint density at radius 1 is 1.15 bits per heavy atom. The summed E-state index contributed by atoms with van der Waals surface area (Å²) >= 11 is 0. The summed E-state index contributed by atoms with van der Waals surface area (Å²) < 4.78 is 5.85. The first-order chi connectivity index (χ1) is 9.72. The minimum atomic E-state index is 0.0479. The quantitative estimate of drug-likeness (QED) is 0.886. The number of anilines is 2. The monoisotopic (exact) mass is 274 g/mol. The number of fused-ring (bicyclic) bond motifs is 2. The minimum Gasteiger partial charge on any atom is -0.382 e. The third kappa shape index (κ3) is 3.12. The maximum absolute atomic E-state index is 11.3. The van der Waals surface area contributed by atoms with E-state index in [0.717, 1.165) is 24.2 Å². The van der Waals surface area contributed by atoms with E-state index in [9.17, 15) is 4.79 Å². The van der Waals surface area contributed by atoms with Crippen molar-refractivity contribution < 1.29 is 9.53 Å². The van der Waals surface area contributed by atoms with Gasteiger partial charge in [-0.15, -0.1) is 0 Å². The van der Waals surface area contributed by atoms with E-state index in [1.54, 1.807) is 0 Å². The molecule has 2 heterocycles. The normalized spacial score (nSPS) is 28.1. The number of carbonyl (C=O) groups is 1. The molecule has 0 radical (unpaired) electrons. The molecule has 2 N–H and O–H groups in total. The fourth-order valence-electron chi connectivity index (χ4n) is 3.11. The van der Waals surface area contributed by atoms with Gasteiger partial charge in [-0.1, -0.05) is 6.92 Å². The number of nitrogens with one attached hydrogen (secondary N) is 2. The van der Waals surface area contributed by atoms with Crippen molar-refractivity contribution >= 4 is 17.3 Å². The number of ether oxygens (including phenoxy) is 1. The molecule has 0 spiro atoms. The first-order valence-corrected chi connectivity index (χ1v) is 7.55. The van der Waals surface area contributed by atoms with Crippen LogP contribution in [0.3, 0.4) is 0 Å². The lowest BCUT2D eigenvalue weighted by Gasteiger charge is -2.29. The van der Waals surface area contributed by atoms with Crippen LogP contribution in [0.4, 0.5) is 11.4 Å². The maximum atomic E-state index is 11.3. The molecule has 2 aliphatic heterocycles. The second-order valence-corrected chi connectivity index (χ2v) is 5.75. The third-order valence-corrected chi connectivity index (χ3v) is 4.15. The van der Waals surface area contributed by atoms with Crippen LogP contribution in [-0.4, -0.2) is 24.2 Å². The van der Waals surface area contributed by atoms with Crippen LogP contribution >= 0.6 is 0 Å². The Balaban J connectivity index is 1.56. The van der Waals surface area contributed by atoms with Crippen molar-refractivity contribution in [3.63, 3.8) is 0 Å². The van der Waals surface area contributed by atoms with Gasteiger partial charge in [0.2, 0.25) is 5.91 Å². The minimum absolute atomic E-state index is 0.0479. The number of amides is 1. The maximum Gasteiger partial charge on any atom is 0.224 e. The molecular formula is C16H22N2O2. The topological polar surface area (TPSA) is 50.4 Å². The summed E-state index contributed by atoms with van der Waals surface area (Å²) in [6.45, 7) is 1.85. The van der Waals surface area contributed by atoms with Gasteiger partial charge >= 0.3 is 0 Å². The van der Waals surface area contributed by atoms with Crippen LogP contribution < -0.4 is 10.6 Å². The molecule has 2 saturated heterocycles. The summed E-state index contributed by atoms with van der Waals surface area (Å²) in [6, 6.07) is 8.47. The summed E-state index contributed by atoms with van der Waals surface area (Å²) in [6.07, 6.45) is 6.04. The lowest BCUT2D eigenvalue weighted by molar-refractivity contribution is -0.115. The van der Waals surface area contributed by atoms with E-state index in [4.69, 9.17) is 4.74 Å². The lowest BCUT2D eigenvalue weighted by atomic mass is 10.0. The van der Waals surface area contributed by atoms with Crippen molar-refractivity contribution in [3.05, 3.63) is 24.3 Å². The molecule has 4 nitrogen and oxygen atoms in total. The Morgan fingerprint density at radius 2 is 1.75 bits per heavy atom. The van der Waals surface area contributed by atoms with Crippen LogP contribution in [0.1, 0.15) is 39.0 Å². The standard InChI is InChI=1S/C16H22N2O2/c1-2-16(19)18-12-5-3-11(4-6-12)17-13-9-14-7-8-15(10-13)20-14/h3-6,13-15,17H,2,7-10H2,1H3,(H,18,19). The highest BCUT2D eigenvalue weighted by Crippen LogP contribution is 2.33. The van der Waals surface area contributed by atoms with Gasteiger partial charge in [0.1, 0.15) is 0 Å². The van der Waals surface area contributed by atoms with Crippen LogP contribution in [0.15, 0.2) is 24.3 Å². The zero-order chi connectivity index (χ0) is 13.9. The van der Waals surface area contributed by atoms with E-state index in [1.807, 2.05) is 31.2 Å². The van der Waals surface area contributed by atoms with Crippen molar-refractivity contribution in [3.8, 4) is 0 Å². The Morgan fingerprint density at radius 3 is 2.35 bits per heavy atom. The molecule has 4 heteroatoms. The SMILES string of the molecule is CCC(=O)Nc1ccc(NC2CC3CCC(C2)O3)cc1. The number of rotatable bonds is 4. The van der Waals surface area contributed by atoms with Crippen LogP contribution in [0.25, 0.3) is 0 Å². The van der Waals surface area contributed by atoms with E-state index in [1.165, 1.54) is 12.8 Å². The molecule has 2 unspecified atom stereocenters. The fraction of sp³-hybridized carbons (Fsp3) is 0.562. The predicted molar refractivity (Wildman–Crippen MR) is 79.9 cm³/mol. The average molecular weight is 274 g/mol. The molecule has 20 heavy (non-hydrogen) atoms. The van der Waals surface area contributed by atoms with Crippen LogP contribution in [0.5, 0.6) is 0 Å². The average Bonchev–Trinajstić information content (AvgIpc) is 2.80. The summed E-state index contributed by atoms with van der Waals surface area (Å²) in [5.74, 6) is 0.0479. The van der Waals surface area contributed by atoms with Gasteiger partial charge in [0.15, 0.2) is 0 Å². The van der Waals surface area contributed by atoms with Gasteiger partial charge in [0.05, 0.1) is 12.2 Å². The van der Waals surface area contributed by atoms with Gasteiger partial charge in [-0.2, -0.15) is 0 Å². The van der Waals surface area contributed by atoms with Gasteiger partial charge in [0.25, 0.3) is 0 Å². The van der Waals surface area contributed by atoms with Crippen molar-refractivity contribution in [1.82, 2.24) is 0 Å². The molecule has 2 aliphatic rings. The summed E-state index contributed by atoms with van der Waals surface area (Å²) in [7, 11) is 0. The van der Waals surface area contributed by atoms with Gasteiger partial charge in [-0.3, -0.25) is 4.79 Å². The second-order valence-electron chi connectivity index (χ2n) is 5.75. The predicted octanol–water partition coefficient (Wildman–Crippen LogP) is 3.16. The molecule has 2 fully saturated rings. The van der Waals surface area contributed by atoms with Crippen molar-refractivity contribution in [2.45, 2.75) is 57.3 Å². The zero-order valence-electron chi connectivity index (χ0n) is 11.9. The molecular weight excluding hydrogens is 252 g/mol. The van der Waals surface area contributed by atoms with E-state index < -0.39 is 0 Å². The highest BCUT2D eigenvalue weighted by molar-refractivity contribution is 5.90. The van der Waals surface area contributed by atoms with Crippen molar-refractivity contribution in [2.24, 2.45) is 0 Å². The van der Waals surface area contributed by atoms with Crippen molar-refractivity contribution in [1.29, 1.82) is 0 Å². The number of hydrogen-bond acceptors (Lipinski definition) is 3. The molecule has 0 aliphatic carbocycles. The van der Waals surface area contributed by atoms with Gasteiger partial charge < -0.3 is 15.4 Å². The van der Waals surface area contributed by atoms with Gasteiger partial charge in [-0.05, 0) is 49.9 Å². The van der Waals surface area contributed by atoms with Crippen LogP contribution in [-0.2, 0) is 9.53 Å². The first kappa shape index (κ1) is 13.4. The number of hydrogen-bond donors (Lipinski definition) is 2. The largest absolute Gasteiger partial charge is 0.382 e. The fourth-order valence-corrected chi connectivity index (χ4v) is 3.11. The van der Waals surface area contributed by atoms with Gasteiger partial charge in [-0.25, -0.2) is 0 Å². The Labute approximate surface area is 119 Å². The molecule has 1 amide bonds. The van der Waals surface area contributed by atoms with Crippen LogP contribution in [0, 0.1) is 0 Å². The molecule has 2 bridgehead atoms. The van der Waals surface area contributed by atoms with E-state index in [0.29, 0.717) is 24.7 Å². The highest BCUT2D eigenvalue weighted by Gasteiger charge is 2.34. The molecule has 0 aromatic heterocycles. The second kappa shape index (κ2) is 5.83. The van der Waals surface area contributed by atoms with E-state index in [2.05, 4.69) is 10.6 Å². The Kier molecular flexibility index (Phi) is 3.92. The zero-order valence-corrected chi connectivity index (χ0v) is 11.9. The van der Waals surface area contributed by atoms with Crippen LogP contribution in [0.2, 0.25) is 0 Å². The van der Waals surface area contributed by atoms with Crippen molar-refractivity contribution in [2.75, 3.05) is 10.6 Å². The Bertz CT molecular complexity index is 460. The summed E-state index contributed by atoms with van der Waals surface area (Å²) in [5.41, 5.74) is 1.97. The van der Waals surface area contributed by atoms with E-state index >= 15 is 0 Å². The highest BCUT2D eigenvalue weighted by atomic mass is 16.5. The van der Waals surface area contributed by atoms with Gasteiger partial charge in [0, 0.05) is 23.8 Å². The molecule has 2 atom stereocenters. The summed E-state index contributed by atoms with van der Waals surface area (Å²) in [4.78, 5) is 11.3. The molecule has 3 rings (SSSR count). The van der Waals surface area contributed by atoms with E-state index in [-0.39, 0.29) is 5.91 Å². The Hall–Kier alpha value is -1.55. The molecule has 1 aromatic rings. The molecule has 1 aromatic carbocycles. The molecule has 108 valence electrons. The molecule has 0 saturated carbocycles. The lowest BCUT2D eigenvalue weighted by Crippen LogP contribution is -2.33. The first-order valence-electron chi connectivity index (χ1n) is 7.55.